The Morgan fingerprint density at radius 2 is 2.00 bits per heavy atom. The lowest BCUT2D eigenvalue weighted by Crippen LogP contribution is -2.24. The van der Waals surface area contributed by atoms with Gasteiger partial charge in [-0.2, -0.15) is 5.10 Å². The fourth-order valence-electron chi connectivity index (χ4n) is 2.43. The lowest BCUT2D eigenvalue weighted by atomic mass is 9.95. The van der Waals surface area contributed by atoms with E-state index in [0.29, 0.717) is 5.92 Å². The van der Waals surface area contributed by atoms with Crippen molar-refractivity contribution >= 4 is 0 Å². The van der Waals surface area contributed by atoms with Crippen LogP contribution < -0.4 is 5.32 Å². The summed E-state index contributed by atoms with van der Waals surface area (Å²) in [7, 11) is 1.95. The standard InChI is InChI=1S/C15H21FN4/c1-3-20-15(18-11-19-20)9-13(10-17-2)8-12-4-6-14(16)7-5-12/h4-7,11,13,17H,3,8-10H2,1-2H3. The van der Waals surface area contributed by atoms with E-state index in [-0.39, 0.29) is 5.82 Å². The molecule has 1 aromatic carbocycles. The number of aromatic nitrogens is 3. The molecule has 20 heavy (non-hydrogen) atoms. The third-order valence-electron chi connectivity index (χ3n) is 3.40. The second kappa shape index (κ2) is 7.14. The highest BCUT2D eigenvalue weighted by Crippen LogP contribution is 2.14. The van der Waals surface area contributed by atoms with Gasteiger partial charge >= 0.3 is 0 Å². The molecule has 1 atom stereocenters. The molecule has 1 aromatic heterocycles. The van der Waals surface area contributed by atoms with Gasteiger partial charge in [0.05, 0.1) is 0 Å². The van der Waals surface area contributed by atoms with E-state index in [4.69, 9.17) is 0 Å². The maximum absolute atomic E-state index is 12.9. The molecular formula is C15H21FN4. The predicted molar refractivity (Wildman–Crippen MR) is 76.9 cm³/mol. The van der Waals surface area contributed by atoms with E-state index in [1.54, 1.807) is 6.33 Å². The van der Waals surface area contributed by atoms with E-state index in [1.807, 2.05) is 23.9 Å². The van der Waals surface area contributed by atoms with Crippen LogP contribution in [0.1, 0.15) is 18.3 Å². The molecule has 0 aliphatic heterocycles. The van der Waals surface area contributed by atoms with Crippen LogP contribution in [0.2, 0.25) is 0 Å². The molecule has 1 heterocycles. The van der Waals surface area contributed by atoms with Crippen LogP contribution in [-0.4, -0.2) is 28.4 Å². The first kappa shape index (κ1) is 14.7. The zero-order valence-corrected chi connectivity index (χ0v) is 12.0. The molecule has 0 saturated heterocycles. The summed E-state index contributed by atoms with van der Waals surface area (Å²) in [5, 5.41) is 7.42. The first-order chi connectivity index (χ1) is 9.72. The summed E-state index contributed by atoms with van der Waals surface area (Å²) in [5.41, 5.74) is 1.15. The summed E-state index contributed by atoms with van der Waals surface area (Å²) < 4.78 is 14.9. The summed E-state index contributed by atoms with van der Waals surface area (Å²) >= 11 is 0. The Morgan fingerprint density at radius 1 is 1.25 bits per heavy atom. The average molecular weight is 276 g/mol. The fraction of sp³-hybridized carbons (Fsp3) is 0.467. The summed E-state index contributed by atoms with van der Waals surface area (Å²) in [6.45, 7) is 3.79. The van der Waals surface area contributed by atoms with Crippen molar-refractivity contribution in [3.05, 3.63) is 47.8 Å². The monoisotopic (exact) mass is 276 g/mol. The predicted octanol–water partition coefficient (Wildman–Crippen LogP) is 2.06. The molecule has 0 bridgehead atoms. The molecule has 5 heteroatoms. The van der Waals surface area contributed by atoms with Gasteiger partial charge in [-0.15, -0.1) is 0 Å². The number of nitrogens with zero attached hydrogens (tertiary/aromatic N) is 3. The molecule has 0 aliphatic carbocycles. The number of benzene rings is 1. The molecule has 0 radical (unpaired) electrons. The van der Waals surface area contributed by atoms with Crippen molar-refractivity contribution in [2.24, 2.45) is 5.92 Å². The van der Waals surface area contributed by atoms with Crippen LogP contribution in [0.15, 0.2) is 30.6 Å². The van der Waals surface area contributed by atoms with E-state index >= 15 is 0 Å². The van der Waals surface area contributed by atoms with Crippen molar-refractivity contribution in [2.45, 2.75) is 26.3 Å². The van der Waals surface area contributed by atoms with E-state index < -0.39 is 0 Å². The Balaban J connectivity index is 2.05. The SMILES string of the molecule is CCn1ncnc1CC(CNC)Cc1ccc(F)cc1. The number of hydrogen-bond acceptors (Lipinski definition) is 3. The molecule has 4 nitrogen and oxygen atoms in total. The van der Waals surface area contributed by atoms with Gasteiger partial charge in [-0.05, 0) is 50.6 Å². The summed E-state index contributed by atoms with van der Waals surface area (Å²) in [6, 6.07) is 6.73. The molecule has 0 spiro atoms. The van der Waals surface area contributed by atoms with Crippen LogP contribution in [0.3, 0.4) is 0 Å². The molecule has 0 amide bonds. The molecule has 108 valence electrons. The fourth-order valence-corrected chi connectivity index (χ4v) is 2.43. The van der Waals surface area contributed by atoms with Gasteiger partial charge in [-0.1, -0.05) is 12.1 Å². The Bertz CT molecular complexity index is 521. The van der Waals surface area contributed by atoms with E-state index in [1.165, 1.54) is 12.1 Å². The van der Waals surface area contributed by atoms with Gasteiger partial charge in [0.1, 0.15) is 18.0 Å². The minimum atomic E-state index is -0.190. The largest absolute Gasteiger partial charge is 0.319 e. The first-order valence-corrected chi connectivity index (χ1v) is 6.98. The van der Waals surface area contributed by atoms with Gasteiger partial charge in [0.2, 0.25) is 0 Å². The molecule has 1 N–H and O–H groups in total. The smallest absolute Gasteiger partial charge is 0.138 e. The Morgan fingerprint density at radius 3 is 2.65 bits per heavy atom. The Kier molecular flexibility index (Phi) is 5.24. The van der Waals surface area contributed by atoms with Crippen LogP contribution in [0, 0.1) is 11.7 Å². The third-order valence-corrected chi connectivity index (χ3v) is 3.40. The quantitative estimate of drug-likeness (QED) is 0.841. The van der Waals surface area contributed by atoms with Crippen LogP contribution >= 0.6 is 0 Å². The topological polar surface area (TPSA) is 42.7 Å². The molecular weight excluding hydrogens is 255 g/mol. The zero-order chi connectivity index (χ0) is 14.4. The third kappa shape index (κ3) is 3.87. The van der Waals surface area contributed by atoms with Crippen LogP contribution in [-0.2, 0) is 19.4 Å². The van der Waals surface area contributed by atoms with Crippen molar-refractivity contribution in [3.63, 3.8) is 0 Å². The molecule has 0 fully saturated rings. The van der Waals surface area contributed by atoms with Crippen molar-refractivity contribution in [2.75, 3.05) is 13.6 Å². The van der Waals surface area contributed by atoms with E-state index in [2.05, 4.69) is 22.3 Å². The van der Waals surface area contributed by atoms with Gasteiger partial charge in [-0.25, -0.2) is 9.37 Å². The highest BCUT2D eigenvalue weighted by atomic mass is 19.1. The van der Waals surface area contributed by atoms with Crippen LogP contribution in [0.25, 0.3) is 0 Å². The number of halogens is 1. The van der Waals surface area contributed by atoms with E-state index in [0.717, 1.165) is 37.3 Å². The highest BCUT2D eigenvalue weighted by molar-refractivity contribution is 5.17. The minimum Gasteiger partial charge on any atom is -0.319 e. The van der Waals surface area contributed by atoms with Gasteiger partial charge in [0, 0.05) is 13.0 Å². The normalized spacial score (nSPS) is 12.6. The van der Waals surface area contributed by atoms with Crippen molar-refractivity contribution in [3.8, 4) is 0 Å². The minimum absolute atomic E-state index is 0.190. The summed E-state index contributed by atoms with van der Waals surface area (Å²) in [5.74, 6) is 1.24. The maximum atomic E-state index is 12.9. The Hall–Kier alpha value is -1.75. The zero-order valence-electron chi connectivity index (χ0n) is 12.0. The molecule has 0 aliphatic rings. The van der Waals surface area contributed by atoms with Gasteiger partial charge < -0.3 is 5.32 Å². The van der Waals surface area contributed by atoms with Crippen molar-refractivity contribution in [1.29, 1.82) is 0 Å². The summed E-state index contributed by atoms with van der Waals surface area (Å²) in [6.07, 6.45) is 3.37. The van der Waals surface area contributed by atoms with Gasteiger partial charge in [0.15, 0.2) is 0 Å². The number of rotatable bonds is 7. The van der Waals surface area contributed by atoms with Crippen molar-refractivity contribution < 1.29 is 4.39 Å². The number of aryl methyl sites for hydroxylation is 1. The number of hydrogen-bond donors (Lipinski definition) is 1. The summed E-state index contributed by atoms with van der Waals surface area (Å²) in [4.78, 5) is 4.33. The second-order valence-corrected chi connectivity index (χ2v) is 4.95. The second-order valence-electron chi connectivity index (χ2n) is 4.95. The van der Waals surface area contributed by atoms with E-state index in [9.17, 15) is 4.39 Å². The maximum Gasteiger partial charge on any atom is 0.138 e. The number of nitrogens with one attached hydrogen (secondary N) is 1. The lowest BCUT2D eigenvalue weighted by Gasteiger charge is -2.16. The average Bonchev–Trinajstić information content (AvgIpc) is 2.89. The lowest BCUT2D eigenvalue weighted by molar-refractivity contribution is 0.463. The van der Waals surface area contributed by atoms with Crippen LogP contribution in [0.5, 0.6) is 0 Å². The first-order valence-electron chi connectivity index (χ1n) is 6.98. The Labute approximate surface area is 119 Å². The van der Waals surface area contributed by atoms with Gasteiger partial charge in [0.25, 0.3) is 0 Å². The van der Waals surface area contributed by atoms with Crippen molar-refractivity contribution in [1.82, 2.24) is 20.1 Å². The molecule has 2 aromatic rings. The molecule has 0 saturated carbocycles. The molecule has 2 rings (SSSR count). The van der Waals surface area contributed by atoms with Gasteiger partial charge in [-0.3, -0.25) is 4.68 Å². The molecule has 1 unspecified atom stereocenters. The highest BCUT2D eigenvalue weighted by Gasteiger charge is 2.14. The van der Waals surface area contributed by atoms with Crippen LogP contribution in [0.4, 0.5) is 4.39 Å².